The zero-order valence-corrected chi connectivity index (χ0v) is 9.03. The van der Waals surface area contributed by atoms with Crippen molar-refractivity contribution in [3.63, 3.8) is 0 Å². The number of hydrogen-bond donors (Lipinski definition) is 3. The Hall–Kier alpha value is 0.971. The quantitative estimate of drug-likeness (QED) is 0.284. The second kappa shape index (κ2) is 11.0. The molecule has 11 heteroatoms. The first-order valence-electron chi connectivity index (χ1n) is 1.26. The summed E-state index contributed by atoms with van der Waals surface area (Å²) in [5, 5.41) is 13.6. The van der Waals surface area contributed by atoms with Crippen LogP contribution in [-0.4, -0.2) is 23.6 Å². The molecule has 0 atom stereocenters. The molecule has 0 heterocycles. The van der Waals surface area contributed by atoms with Gasteiger partial charge in [0.2, 0.25) is 0 Å². The molecule has 0 fully saturated rings. The number of rotatable bonds is 0. The molecule has 0 rings (SSSR count). The summed E-state index contributed by atoms with van der Waals surface area (Å²) in [6.45, 7) is 0. The van der Waals surface area contributed by atoms with Crippen molar-refractivity contribution in [2.75, 3.05) is 0 Å². The summed E-state index contributed by atoms with van der Waals surface area (Å²) in [6.07, 6.45) is 0. The molecule has 0 aliphatic rings. The summed E-state index contributed by atoms with van der Waals surface area (Å²) in [4.78, 5) is 8.36. The molecule has 0 saturated carbocycles. The summed E-state index contributed by atoms with van der Waals surface area (Å²) in [7, 11) is -3.83. The topological polar surface area (TPSA) is 121 Å². The van der Waals surface area contributed by atoms with Gasteiger partial charge in [0.1, 0.15) is 0 Å². The Kier molecular flexibility index (Phi) is 22.6. The van der Waals surface area contributed by atoms with Crippen molar-refractivity contribution in [1.82, 2.24) is 0 Å². The van der Waals surface area contributed by atoms with Gasteiger partial charge in [0, 0.05) is 55.9 Å². The third-order valence-electron chi connectivity index (χ3n) is 0. The molecule has 78 valence electrons. The van der Waals surface area contributed by atoms with E-state index in [2.05, 4.69) is 11.2 Å². The van der Waals surface area contributed by atoms with Crippen molar-refractivity contribution >= 4 is 20.2 Å². The van der Waals surface area contributed by atoms with E-state index in [1.54, 1.807) is 0 Å². The van der Waals surface area contributed by atoms with Gasteiger partial charge in [-0.05, 0) is 0 Å². The third-order valence-corrected chi connectivity index (χ3v) is 0. The number of nitrogens with zero attached hydrogens (tertiary/aromatic N) is 1. The minimum atomic E-state index is -3.83. The first kappa shape index (κ1) is 22.7. The fourth-order valence-corrected chi connectivity index (χ4v) is 0. The Morgan fingerprint density at radius 2 is 1.36 bits per heavy atom. The van der Waals surface area contributed by atoms with Gasteiger partial charge in [0.05, 0.1) is 0 Å². The molecule has 0 bridgehead atoms. The minimum absolute atomic E-state index is 0. The van der Waals surface area contributed by atoms with Gasteiger partial charge in [0.15, 0.2) is 0 Å². The van der Waals surface area contributed by atoms with Gasteiger partial charge in [-0.25, -0.2) is 0 Å². The van der Waals surface area contributed by atoms with E-state index in [0.717, 1.165) is 0 Å². The van der Waals surface area contributed by atoms with E-state index in [9.17, 15) is 0 Å². The van der Waals surface area contributed by atoms with Gasteiger partial charge in [-0.1, -0.05) is 0 Å². The predicted octanol–water partition coefficient (Wildman–Crippen LogP) is -0.674. The van der Waals surface area contributed by atoms with Gasteiger partial charge >= 0.3 is 0 Å². The Labute approximate surface area is 98.0 Å². The second-order valence-corrected chi connectivity index (χ2v) is 2.88. The molecule has 11 heavy (non-hydrogen) atoms. The normalized spacial score (nSPS) is 7.45. The molecule has 0 amide bonds. The zero-order chi connectivity index (χ0) is 8.08. The van der Waals surface area contributed by atoms with Crippen LogP contribution in [0.4, 0.5) is 0 Å². The molecule has 0 unspecified atom stereocenters. The maximum absolute atomic E-state index is 9.11. The molecule has 3 N–H and O–H groups in total. The smallest absolute Gasteiger partial charge is 0.291 e. The van der Waals surface area contributed by atoms with Crippen LogP contribution in [0.15, 0.2) is 0 Å². The van der Waals surface area contributed by atoms with Gasteiger partial charge in [-0.15, -0.1) is 10.1 Å². The van der Waals surface area contributed by atoms with Crippen LogP contribution >= 0.6 is 0 Å². The van der Waals surface area contributed by atoms with Crippen molar-refractivity contribution in [3.05, 3.63) is 10.1 Å². The second-order valence-electron chi connectivity index (χ2n) is 0.686. The van der Waals surface area contributed by atoms with Crippen molar-refractivity contribution in [2.24, 2.45) is 0 Å². The van der Waals surface area contributed by atoms with Crippen molar-refractivity contribution in [3.8, 4) is 0 Å². The van der Waals surface area contributed by atoms with Crippen molar-refractivity contribution in [1.29, 1.82) is 0 Å². The Morgan fingerprint density at radius 1 is 1.36 bits per heavy atom. The van der Waals surface area contributed by atoms with Gasteiger partial charge in [-0.3, -0.25) is 9.11 Å². The summed E-state index contributed by atoms with van der Waals surface area (Å²) in [5.41, 5.74) is 0. The van der Waals surface area contributed by atoms with E-state index in [4.69, 9.17) is 28.6 Å². The maximum Gasteiger partial charge on any atom is 0.291 e. The monoisotopic (exact) mass is 391 g/mol. The van der Waals surface area contributed by atoms with Crippen LogP contribution in [0.25, 0.3) is 0 Å². The SMILES string of the molecule is O=S(O)(O)=S.O=[N+]([O-])O.[Ag].[Ag]. The maximum atomic E-state index is 9.11. The van der Waals surface area contributed by atoms with Crippen LogP contribution in [0.5, 0.6) is 0 Å². The fourth-order valence-electron chi connectivity index (χ4n) is 0. The minimum Gasteiger partial charge on any atom is -0.328 e. The van der Waals surface area contributed by atoms with Crippen LogP contribution in [0.1, 0.15) is 0 Å². The molecule has 0 aliphatic heterocycles. The summed E-state index contributed by atoms with van der Waals surface area (Å²) in [6, 6.07) is 0. The summed E-state index contributed by atoms with van der Waals surface area (Å²) >= 11 is 3.47. The summed E-state index contributed by atoms with van der Waals surface area (Å²) < 4.78 is 24.0. The van der Waals surface area contributed by atoms with Gasteiger partial charge in [0.25, 0.3) is 14.1 Å². The third kappa shape index (κ3) is 937. The molecule has 0 aromatic rings. The standard InChI is InChI=1S/2Ag.HNO3.H2O3S2/c;;2-1(3)4;1-5(2,3)4/h;;(H,2,3,4);(H2,1,2,3,4). The van der Waals surface area contributed by atoms with Crippen LogP contribution in [0.3, 0.4) is 0 Å². The number of hydrogen-bond acceptors (Lipinski definition) is 4. The van der Waals surface area contributed by atoms with Crippen LogP contribution < -0.4 is 0 Å². The predicted molar refractivity (Wildman–Crippen MR) is 29.5 cm³/mol. The molecular weight excluding hydrogens is 390 g/mol. The average Bonchev–Trinajstić information content (AvgIpc) is 1.19. The Balaban J connectivity index is -0.0000000383. The molecule has 2 radical (unpaired) electrons. The summed E-state index contributed by atoms with van der Waals surface area (Å²) in [5.74, 6) is 0. The molecule has 7 nitrogen and oxygen atoms in total. The molecule has 0 saturated heterocycles. The van der Waals surface area contributed by atoms with E-state index in [0.29, 0.717) is 0 Å². The van der Waals surface area contributed by atoms with E-state index in [1.165, 1.54) is 0 Å². The van der Waals surface area contributed by atoms with Crippen LogP contribution in [-0.2, 0) is 65.0 Å². The van der Waals surface area contributed by atoms with E-state index in [-0.39, 0.29) is 44.8 Å². The Morgan fingerprint density at radius 3 is 1.36 bits per heavy atom. The van der Waals surface area contributed by atoms with E-state index in [1.807, 2.05) is 0 Å². The Bertz CT molecular complexity index is 161. The zero-order valence-electron chi connectivity index (χ0n) is 4.43. The van der Waals surface area contributed by atoms with E-state index < -0.39 is 14.1 Å². The van der Waals surface area contributed by atoms with Crippen molar-refractivity contribution in [2.45, 2.75) is 0 Å². The first-order chi connectivity index (χ1) is 3.73. The van der Waals surface area contributed by atoms with Gasteiger partial charge in [-0.2, -0.15) is 4.21 Å². The van der Waals surface area contributed by atoms with Crippen molar-refractivity contribution < 1.29 is 68.4 Å². The van der Waals surface area contributed by atoms with Gasteiger partial charge < -0.3 is 5.21 Å². The average molecular weight is 393 g/mol. The molecule has 0 aromatic heterocycles. The van der Waals surface area contributed by atoms with E-state index >= 15 is 0 Å². The van der Waals surface area contributed by atoms with Crippen LogP contribution in [0, 0.1) is 10.1 Å². The fraction of sp³-hybridized carbons (Fsp3) is 0. The molecule has 0 aliphatic carbocycles. The van der Waals surface area contributed by atoms with Crippen LogP contribution in [0.2, 0.25) is 0 Å². The molecule has 0 aromatic carbocycles. The first-order valence-corrected chi connectivity index (χ1v) is 3.66. The molecule has 0 spiro atoms. The molecular formula is H3Ag2NO6S2. The largest absolute Gasteiger partial charge is 0.328 e.